The van der Waals surface area contributed by atoms with Crippen LogP contribution in [0, 0.1) is 6.85 Å². The minimum absolute atomic E-state index is 0.0227. The van der Waals surface area contributed by atoms with Crippen LogP contribution in [0.2, 0.25) is 0 Å². The molecule has 0 atom stereocenters. The van der Waals surface area contributed by atoms with Gasteiger partial charge in [0.2, 0.25) is 0 Å². The van der Waals surface area contributed by atoms with E-state index in [-0.39, 0.29) is 39.2 Å². The van der Waals surface area contributed by atoms with E-state index in [9.17, 15) is 4.11 Å². The van der Waals surface area contributed by atoms with E-state index in [0.717, 1.165) is 70.0 Å². The first-order valence-electron chi connectivity index (χ1n) is 28.9. The third kappa shape index (κ3) is 6.76. The van der Waals surface area contributed by atoms with Gasteiger partial charge in [0, 0.05) is 43.5 Å². The highest BCUT2D eigenvalue weighted by atomic mass is 15.2. The van der Waals surface area contributed by atoms with E-state index in [1.807, 2.05) is 12.1 Å². The second-order valence-electron chi connectivity index (χ2n) is 27.0. The number of nitrogens with zero attached hydrogens (tertiary/aromatic N) is 2. The van der Waals surface area contributed by atoms with Crippen molar-refractivity contribution in [1.82, 2.24) is 0 Å². The van der Waals surface area contributed by atoms with E-state index >= 15 is 0 Å². The summed E-state index contributed by atoms with van der Waals surface area (Å²) >= 11 is 0. The summed E-state index contributed by atoms with van der Waals surface area (Å²) in [5.74, 6) is 0. The lowest BCUT2D eigenvalue weighted by Gasteiger charge is -2.48. The fourth-order valence-corrected chi connectivity index (χ4v) is 14.9. The number of hydrogen-bond donors (Lipinski definition) is 0. The normalized spacial score (nSPS) is 19.2. The number of anilines is 6. The largest absolute Gasteiger partial charge is 0.311 e. The summed E-state index contributed by atoms with van der Waals surface area (Å²) in [6, 6.07) is 57.2. The third-order valence-electron chi connectivity index (χ3n) is 18.7. The molecule has 74 heavy (non-hydrogen) atoms. The van der Waals surface area contributed by atoms with Gasteiger partial charge in [-0.3, -0.25) is 0 Å². The first kappa shape index (κ1) is 43.8. The van der Waals surface area contributed by atoms with Gasteiger partial charge in [0.1, 0.15) is 0 Å². The Kier molecular flexibility index (Phi) is 9.17. The van der Waals surface area contributed by atoms with E-state index in [4.69, 9.17) is 0 Å². The Balaban J connectivity index is 1.18. The predicted molar refractivity (Wildman–Crippen MR) is 318 cm³/mol. The Morgan fingerprint density at radius 3 is 1.80 bits per heavy atom. The molecule has 2 heterocycles. The van der Waals surface area contributed by atoms with Gasteiger partial charge in [-0.25, -0.2) is 0 Å². The van der Waals surface area contributed by atoms with Crippen LogP contribution in [0.4, 0.5) is 34.1 Å². The lowest BCUT2D eigenvalue weighted by molar-refractivity contribution is 0.332. The number of benzene rings is 8. The second kappa shape index (κ2) is 15.5. The SMILES string of the molecule is [2H]C([2H])([2H])c1cc2c3c(c1)N(c1ccc(C(C)(C)C)cc1-c1ccccc1)c1ccc(-c4cccc5c4-c4ccccc4C5(C)C)cc1B3c1cc3c(cc1N2c1ccc2c(c1)C(C)(C)CC2(C)C)C(C)(C)CCC3(C)C. The van der Waals surface area contributed by atoms with Crippen LogP contribution in [-0.2, 0) is 32.5 Å². The van der Waals surface area contributed by atoms with Crippen molar-refractivity contribution in [3.8, 4) is 33.4 Å². The highest BCUT2D eigenvalue weighted by molar-refractivity contribution is 7.00. The molecule has 0 amide bonds. The highest BCUT2D eigenvalue weighted by Crippen LogP contribution is 2.56. The molecule has 0 bridgehead atoms. The van der Waals surface area contributed by atoms with Gasteiger partial charge in [0.25, 0.3) is 6.71 Å². The van der Waals surface area contributed by atoms with Crippen LogP contribution in [0.25, 0.3) is 33.4 Å². The lowest BCUT2D eigenvalue weighted by atomic mass is 9.33. The molecule has 2 aliphatic heterocycles. The minimum Gasteiger partial charge on any atom is -0.311 e. The molecule has 0 unspecified atom stereocenters. The smallest absolute Gasteiger partial charge is 0.252 e. The molecule has 2 nitrogen and oxygen atoms in total. The van der Waals surface area contributed by atoms with Gasteiger partial charge >= 0.3 is 0 Å². The lowest BCUT2D eigenvalue weighted by Crippen LogP contribution is -2.62. The average molecular weight is 968 g/mol. The van der Waals surface area contributed by atoms with Crippen molar-refractivity contribution < 1.29 is 4.11 Å². The maximum atomic E-state index is 9.31. The van der Waals surface area contributed by atoms with Crippen LogP contribution in [0.1, 0.15) is 158 Å². The molecule has 3 heteroatoms. The van der Waals surface area contributed by atoms with Crippen molar-refractivity contribution in [2.45, 2.75) is 149 Å². The van der Waals surface area contributed by atoms with Gasteiger partial charge in [0.15, 0.2) is 0 Å². The molecule has 3 aliphatic carbocycles. The monoisotopic (exact) mass is 968 g/mol. The molecular formula is C71H73BN2. The maximum absolute atomic E-state index is 9.31. The molecule has 8 aromatic rings. The van der Waals surface area contributed by atoms with Gasteiger partial charge in [-0.15, -0.1) is 0 Å². The van der Waals surface area contributed by atoms with Crippen LogP contribution in [0.3, 0.4) is 0 Å². The number of rotatable bonds is 4. The molecule has 0 aromatic heterocycles. The van der Waals surface area contributed by atoms with E-state index in [1.165, 1.54) is 72.1 Å². The number of fused-ring (bicyclic) bond motifs is 9. The Hall–Kier alpha value is -6.58. The van der Waals surface area contributed by atoms with E-state index < -0.39 is 6.85 Å². The molecule has 0 spiro atoms. The van der Waals surface area contributed by atoms with E-state index in [0.29, 0.717) is 5.56 Å². The Morgan fingerprint density at radius 2 is 1.07 bits per heavy atom. The molecule has 0 saturated heterocycles. The van der Waals surface area contributed by atoms with Crippen molar-refractivity contribution >= 4 is 57.2 Å². The van der Waals surface area contributed by atoms with Crippen molar-refractivity contribution in [2.24, 2.45) is 0 Å². The first-order valence-corrected chi connectivity index (χ1v) is 27.4. The Morgan fingerprint density at radius 1 is 0.446 bits per heavy atom. The highest BCUT2D eigenvalue weighted by Gasteiger charge is 2.48. The molecule has 0 N–H and O–H groups in total. The summed E-state index contributed by atoms with van der Waals surface area (Å²) in [6.45, 7) is 28.2. The molecule has 370 valence electrons. The summed E-state index contributed by atoms with van der Waals surface area (Å²) < 4.78 is 27.9. The zero-order chi connectivity index (χ0) is 54.3. The van der Waals surface area contributed by atoms with Crippen molar-refractivity contribution in [1.29, 1.82) is 0 Å². The molecule has 13 rings (SSSR count). The number of hydrogen-bond acceptors (Lipinski definition) is 2. The zero-order valence-corrected chi connectivity index (χ0v) is 46.0. The Labute approximate surface area is 447 Å². The Bertz CT molecular complexity index is 3810. The summed E-state index contributed by atoms with van der Waals surface area (Å²) in [4.78, 5) is 4.92. The van der Waals surface area contributed by atoms with E-state index in [2.05, 4.69) is 239 Å². The molecule has 8 aromatic carbocycles. The second-order valence-corrected chi connectivity index (χ2v) is 27.0. The van der Waals surface area contributed by atoms with Crippen LogP contribution in [0.15, 0.2) is 152 Å². The standard InChI is InChI=1S/C71H73BN2/c1-43-35-62-65-63(36-43)74(59-32-28-46(66(2,3)4)38-50(59)44-21-16-15-17-22-44)60-31-27-45(48-24-20-26-53-64(48)49-23-18-19-25-51(49)71(53,13)14)37-57(60)72(65)58-40-55-56(68(7,8)34-33-67(55,5)6)41-61(58)73(62)47-29-30-52-54(39-47)70(11,12)42-69(52,9)10/h15-32,35-41H,33-34,42H2,1-14H3/i1D3. The van der Waals surface area contributed by atoms with Gasteiger partial charge in [0.05, 0.1) is 5.69 Å². The minimum atomic E-state index is -2.40. The van der Waals surface area contributed by atoms with Gasteiger partial charge in [-0.05, 0) is 190 Å². The molecular weight excluding hydrogens is 892 g/mol. The quantitative estimate of drug-likeness (QED) is 0.162. The van der Waals surface area contributed by atoms with Crippen LogP contribution >= 0.6 is 0 Å². The maximum Gasteiger partial charge on any atom is 0.252 e. The van der Waals surface area contributed by atoms with Gasteiger partial charge in [-0.2, -0.15) is 0 Å². The van der Waals surface area contributed by atoms with Gasteiger partial charge in [-0.1, -0.05) is 193 Å². The summed E-state index contributed by atoms with van der Waals surface area (Å²) in [5.41, 5.74) is 26.4. The fourth-order valence-electron chi connectivity index (χ4n) is 14.9. The topological polar surface area (TPSA) is 6.48 Å². The fraction of sp³-hybridized carbons (Fsp3) is 0.324. The van der Waals surface area contributed by atoms with Crippen molar-refractivity contribution in [2.75, 3.05) is 9.80 Å². The van der Waals surface area contributed by atoms with Crippen LogP contribution in [-0.4, -0.2) is 6.71 Å². The summed E-state index contributed by atoms with van der Waals surface area (Å²) in [5, 5.41) is 0. The van der Waals surface area contributed by atoms with Crippen LogP contribution < -0.4 is 26.2 Å². The van der Waals surface area contributed by atoms with E-state index in [1.54, 1.807) is 0 Å². The molecule has 0 radical (unpaired) electrons. The molecule has 5 aliphatic rings. The van der Waals surface area contributed by atoms with Crippen LogP contribution in [0.5, 0.6) is 0 Å². The predicted octanol–water partition coefficient (Wildman–Crippen LogP) is 17.3. The third-order valence-corrected chi connectivity index (χ3v) is 18.7. The zero-order valence-electron chi connectivity index (χ0n) is 49.0. The summed E-state index contributed by atoms with van der Waals surface area (Å²) in [7, 11) is 0. The average Bonchev–Trinajstić information content (AvgIpc) is 3.86. The molecule has 0 fully saturated rings. The van der Waals surface area contributed by atoms with Crippen molar-refractivity contribution in [3.63, 3.8) is 0 Å². The number of aryl methyl sites for hydroxylation is 1. The summed E-state index contributed by atoms with van der Waals surface area (Å²) in [6.07, 6.45) is 3.23. The van der Waals surface area contributed by atoms with Crippen molar-refractivity contribution in [3.05, 3.63) is 196 Å². The van der Waals surface area contributed by atoms with Gasteiger partial charge < -0.3 is 9.80 Å². The molecule has 0 saturated carbocycles. The first-order chi connectivity index (χ1) is 36.2.